The van der Waals surface area contributed by atoms with Crippen LogP contribution in [-0.4, -0.2) is 41.6 Å². The van der Waals surface area contributed by atoms with Crippen molar-refractivity contribution in [1.29, 1.82) is 0 Å². The molecule has 104 valence electrons. The van der Waals surface area contributed by atoms with Crippen LogP contribution in [0.2, 0.25) is 0 Å². The Morgan fingerprint density at radius 1 is 1.35 bits per heavy atom. The third-order valence-electron chi connectivity index (χ3n) is 3.16. The molecular weight excluding hydrogens is 256 g/mol. The molecule has 5 heteroatoms. The van der Waals surface area contributed by atoms with Crippen LogP contribution in [0.4, 0.5) is 4.79 Å². The average molecular weight is 272 g/mol. The fraction of sp³-hybridized carbons (Fsp3) is 0.333. The molecule has 2 amide bonds. The van der Waals surface area contributed by atoms with Gasteiger partial charge in [-0.2, -0.15) is 0 Å². The molecule has 2 N–H and O–H groups in total. The first kappa shape index (κ1) is 13.9. The summed E-state index contributed by atoms with van der Waals surface area (Å²) in [6, 6.07) is 9.26. The molecule has 1 fully saturated rings. The Labute approximate surface area is 117 Å². The largest absolute Gasteiger partial charge is 0.481 e. The van der Waals surface area contributed by atoms with Gasteiger partial charge < -0.3 is 15.3 Å². The first-order valence-electron chi connectivity index (χ1n) is 6.46. The molecular formula is C15H16N2O3. The zero-order chi connectivity index (χ0) is 14.4. The number of carbonyl (C=O) groups is 2. The number of benzene rings is 1. The van der Waals surface area contributed by atoms with Gasteiger partial charge in [0.1, 0.15) is 0 Å². The fourth-order valence-corrected chi connectivity index (χ4v) is 2.05. The number of amides is 2. The van der Waals surface area contributed by atoms with E-state index < -0.39 is 11.9 Å². The summed E-state index contributed by atoms with van der Waals surface area (Å²) in [6.07, 6.45) is 0.512. The highest BCUT2D eigenvalue weighted by Gasteiger charge is 2.30. The summed E-state index contributed by atoms with van der Waals surface area (Å²) in [6.45, 7) is 1.00. The molecule has 2 rings (SSSR count). The number of hydrogen-bond donors (Lipinski definition) is 2. The Morgan fingerprint density at radius 3 is 2.75 bits per heavy atom. The van der Waals surface area contributed by atoms with Gasteiger partial charge in [0, 0.05) is 18.7 Å². The number of hydrogen-bond acceptors (Lipinski definition) is 2. The van der Waals surface area contributed by atoms with Crippen LogP contribution >= 0.6 is 0 Å². The molecule has 0 bridgehead atoms. The Hall–Kier alpha value is -2.48. The van der Waals surface area contributed by atoms with E-state index in [0.29, 0.717) is 13.0 Å². The van der Waals surface area contributed by atoms with E-state index in [-0.39, 0.29) is 19.1 Å². The zero-order valence-corrected chi connectivity index (χ0v) is 11.0. The molecule has 0 aliphatic carbocycles. The van der Waals surface area contributed by atoms with E-state index in [0.717, 1.165) is 5.56 Å². The molecule has 1 atom stereocenters. The van der Waals surface area contributed by atoms with Crippen molar-refractivity contribution in [1.82, 2.24) is 10.2 Å². The van der Waals surface area contributed by atoms with Gasteiger partial charge in [-0.05, 0) is 18.6 Å². The van der Waals surface area contributed by atoms with Gasteiger partial charge in [0.15, 0.2) is 0 Å². The van der Waals surface area contributed by atoms with Crippen LogP contribution in [0.25, 0.3) is 0 Å². The summed E-state index contributed by atoms with van der Waals surface area (Å²) in [4.78, 5) is 24.1. The summed E-state index contributed by atoms with van der Waals surface area (Å²) in [5.41, 5.74) is 0.897. The maximum Gasteiger partial charge on any atom is 0.318 e. The highest BCUT2D eigenvalue weighted by Crippen LogP contribution is 2.15. The number of likely N-dealkylation sites (tertiary alicyclic amines) is 1. The number of nitrogens with zero attached hydrogens (tertiary/aromatic N) is 1. The fourth-order valence-electron chi connectivity index (χ4n) is 2.05. The van der Waals surface area contributed by atoms with Crippen LogP contribution in [0.1, 0.15) is 12.0 Å². The summed E-state index contributed by atoms with van der Waals surface area (Å²) in [5.74, 6) is 4.51. The lowest BCUT2D eigenvalue weighted by Crippen LogP contribution is -2.39. The monoisotopic (exact) mass is 272 g/mol. The van der Waals surface area contributed by atoms with Crippen molar-refractivity contribution >= 4 is 12.0 Å². The maximum absolute atomic E-state index is 11.8. The molecule has 0 spiro atoms. The highest BCUT2D eigenvalue weighted by molar-refractivity contribution is 5.77. The molecule has 1 unspecified atom stereocenters. The van der Waals surface area contributed by atoms with Gasteiger partial charge in [-0.15, -0.1) is 0 Å². The minimum absolute atomic E-state index is 0.252. The third kappa shape index (κ3) is 3.75. The summed E-state index contributed by atoms with van der Waals surface area (Å²) < 4.78 is 0. The maximum atomic E-state index is 11.8. The van der Waals surface area contributed by atoms with Gasteiger partial charge in [-0.3, -0.25) is 4.79 Å². The second kappa shape index (κ2) is 6.62. The van der Waals surface area contributed by atoms with Crippen molar-refractivity contribution in [2.75, 3.05) is 19.6 Å². The van der Waals surface area contributed by atoms with E-state index in [2.05, 4.69) is 17.2 Å². The minimum Gasteiger partial charge on any atom is -0.481 e. The molecule has 20 heavy (non-hydrogen) atoms. The minimum atomic E-state index is -0.843. The van der Waals surface area contributed by atoms with Crippen LogP contribution < -0.4 is 5.32 Å². The van der Waals surface area contributed by atoms with Crippen molar-refractivity contribution < 1.29 is 14.7 Å². The molecule has 1 aromatic carbocycles. The van der Waals surface area contributed by atoms with Gasteiger partial charge >= 0.3 is 12.0 Å². The molecule has 1 heterocycles. The highest BCUT2D eigenvalue weighted by atomic mass is 16.4. The number of carboxylic acid groups (broad SMARTS) is 1. The van der Waals surface area contributed by atoms with Crippen LogP contribution in [0.5, 0.6) is 0 Å². The van der Waals surface area contributed by atoms with Gasteiger partial charge in [0.2, 0.25) is 0 Å². The molecule has 1 aliphatic rings. The number of urea groups is 1. The predicted molar refractivity (Wildman–Crippen MR) is 74.0 cm³/mol. The van der Waals surface area contributed by atoms with Crippen molar-refractivity contribution in [3.63, 3.8) is 0 Å². The topological polar surface area (TPSA) is 69.6 Å². The van der Waals surface area contributed by atoms with Crippen molar-refractivity contribution in [3.8, 4) is 11.8 Å². The summed E-state index contributed by atoms with van der Waals surface area (Å²) >= 11 is 0. The van der Waals surface area contributed by atoms with E-state index in [1.807, 2.05) is 30.3 Å². The van der Waals surface area contributed by atoms with E-state index >= 15 is 0 Å². The lowest BCUT2D eigenvalue weighted by molar-refractivity contribution is -0.141. The number of carboxylic acids is 1. The normalized spacial score (nSPS) is 17.2. The second-order valence-corrected chi connectivity index (χ2v) is 4.60. The molecule has 1 saturated heterocycles. The van der Waals surface area contributed by atoms with E-state index in [4.69, 9.17) is 5.11 Å². The van der Waals surface area contributed by atoms with Gasteiger partial charge in [-0.25, -0.2) is 4.79 Å². The Balaban J connectivity index is 1.77. The summed E-state index contributed by atoms with van der Waals surface area (Å²) in [5, 5.41) is 11.5. The van der Waals surface area contributed by atoms with Crippen molar-refractivity contribution in [2.45, 2.75) is 6.42 Å². The lowest BCUT2D eigenvalue weighted by atomic mass is 10.1. The van der Waals surface area contributed by atoms with Crippen LogP contribution in [-0.2, 0) is 4.79 Å². The zero-order valence-electron chi connectivity index (χ0n) is 11.0. The number of rotatable bonds is 2. The Bertz CT molecular complexity index is 545. The van der Waals surface area contributed by atoms with E-state index in [1.165, 1.54) is 4.90 Å². The van der Waals surface area contributed by atoms with Crippen LogP contribution in [0.15, 0.2) is 30.3 Å². The first-order valence-corrected chi connectivity index (χ1v) is 6.46. The van der Waals surface area contributed by atoms with Gasteiger partial charge in [-0.1, -0.05) is 30.0 Å². The van der Waals surface area contributed by atoms with Crippen molar-refractivity contribution in [3.05, 3.63) is 35.9 Å². The molecule has 0 radical (unpaired) electrons. The number of aliphatic carboxylic acids is 1. The smallest absolute Gasteiger partial charge is 0.318 e. The van der Waals surface area contributed by atoms with E-state index in [9.17, 15) is 9.59 Å². The Morgan fingerprint density at radius 2 is 2.10 bits per heavy atom. The molecule has 0 aromatic heterocycles. The van der Waals surface area contributed by atoms with Crippen molar-refractivity contribution in [2.24, 2.45) is 5.92 Å². The molecule has 1 aromatic rings. The second-order valence-electron chi connectivity index (χ2n) is 4.60. The molecule has 5 nitrogen and oxygen atoms in total. The molecule has 1 aliphatic heterocycles. The third-order valence-corrected chi connectivity index (χ3v) is 3.16. The average Bonchev–Trinajstić information content (AvgIpc) is 2.94. The lowest BCUT2D eigenvalue weighted by Gasteiger charge is -2.15. The van der Waals surface area contributed by atoms with Gasteiger partial charge in [0.25, 0.3) is 0 Å². The van der Waals surface area contributed by atoms with E-state index in [1.54, 1.807) is 0 Å². The number of carbonyl (C=O) groups excluding carboxylic acids is 1. The molecule has 0 saturated carbocycles. The van der Waals surface area contributed by atoms with Gasteiger partial charge in [0.05, 0.1) is 12.5 Å². The summed E-state index contributed by atoms with van der Waals surface area (Å²) in [7, 11) is 0. The first-order chi connectivity index (χ1) is 9.66. The SMILES string of the molecule is O=C(O)C1CCN(C(=O)NCC#Cc2ccccc2)C1. The predicted octanol–water partition coefficient (Wildman–Crippen LogP) is 1.15. The van der Waals surface area contributed by atoms with Crippen LogP contribution in [0.3, 0.4) is 0 Å². The standard InChI is InChI=1S/C15H16N2O3/c18-14(19)13-8-10-17(11-13)15(20)16-9-4-7-12-5-2-1-3-6-12/h1-3,5-6,13H,8-11H2,(H,16,20)(H,18,19). The quantitative estimate of drug-likeness (QED) is 0.794. The van der Waals surface area contributed by atoms with Crippen LogP contribution in [0, 0.1) is 17.8 Å². The number of nitrogens with one attached hydrogen (secondary N) is 1. The Kier molecular flexibility index (Phi) is 4.61.